The minimum atomic E-state index is -0.710. The fourth-order valence-electron chi connectivity index (χ4n) is 3.21. The van der Waals surface area contributed by atoms with Crippen molar-refractivity contribution < 1.29 is 19.1 Å². The van der Waals surface area contributed by atoms with Crippen LogP contribution in [-0.2, 0) is 9.59 Å². The molecule has 1 atom stereocenters. The van der Waals surface area contributed by atoms with Crippen LogP contribution in [0.4, 0.5) is 11.6 Å². The average molecular weight is 366 g/mol. The number of carbonyl (C=O) groups excluding carboxylic acids is 2. The zero-order valence-corrected chi connectivity index (χ0v) is 14.9. The van der Waals surface area contributed by atoms with Crippen LogP contribution in [0.25, 0.3) is 11.0 Å². The maximum absolute atomic E-state index is 13.0. The molecule has 2 heterocycles. The molecule has 0 spiro atoms. The second kappa shape index (κ2) is 6.64. The number of amides is 2. The molecular weight excluding hydrogens is 348 g/mol. The molecule has 4 rings (SSSR count). The summed E-state index contributed by atoms with van der Waals surface area (Å²) < 4.78 is 12.2. The largest absolute Gasteiger partial charge is 0.497 e. The third-order valence-electron chi connectivity index (χ3n) is 4.46. The number of carbonyl (C=O) groups is 2. The summed E-state index contributed by atoms with van der Waals surface area (Å²) in [4.78, 5) is 29.5. The molecule has 2 aromatic carbocycles. The number of ether oxygens (including phenoxy) is 2. The molecule has 0 fully saturated rings. The van der Waals surface area contributed by atoms with Crippen molar-refractivity contribution in [2.24, 2.45) is 0 Å². The first-order valence-corrected chi connectivity index (χ1v) is 8.40. The topological polar surface area (TPSA) is 94.5 Å². The van der Waals surface area contributed by atoms with E-state index in [-0.39, 0.29) is 18.2 Å². The lowest BCUT2D eigenvalue weighted by molar-refractivity contribution is -0.124. The molecule has 0 saturated carbocycles. The van der Waals surface area contributed by atoms with Gasteiger partial charge in [-0.2, -0.15) is 0 Å². The molecule has 1 aromatic heterocycles. The van der Waals surface area contributed by atoms with Gasteiger partial charge in [0.1, 0.15) is 17.5 Å². The Hall–Kier alpha value is -3.55. The van der Waals surface area contributed by atoms with E-state index in [2.05, 4.69) is 15.6 Å². The summed E-state index contributed by atoms with van der Waals surface area (Å²) >= 11 is 0. The van der Waals surface area contributed by atoms with E-state index in [9.17, 15) is 9.59 Å². The van der Waals surface area contributed by atoms with Crippen molar-refractivity contribution in [2.45, 2.75) is 12.5 Å². The predicted octanol–water partition coefficient (Wildman–Crippen LogP) is 2.58. The van der Waals surface area contributed by atoms with Crippen molar-refractivity contribution in [3.63, 3.8) is 0 Å². The fourth-order valence-corrected chi connectivity index (χ4v) is 3.21. The first-order valence-electron chi connectivity index (χ1n) is 8.40. The monoisotopic (exact) mass is 366 g/mol. The Balaban J connectivity index is 1.70. The van der Waals surface area contributed by atoms with Crippen LogP contribution in [0.15, 0.2) is 42.5 Å². The quantitative estimate of drug-likeness (QED) is 0.740. The smallest absolute Gasteiger partial charge is 0.248 e. The average Bonchev–Trinajstić information content (AvgIpc) is 3.04. The maximum Gasteiger partial charge on any atom is 0.248 e. The molecule has 138 valence electrons. The predicted molar refractivity (Wildman–Crippen MR) is 100 cm³/mol. The first kappa shape index (κ1) is 16.9. The molecule has 1 aliphatic heterocycles. The van der Waals surface area contributed by atoms with E-state index in [1.165, 1.54) is 14.2 Å². The van der Waals surface area contributed by atoms with Gasteiger partial charge in [-0.3, -0.25) is 19.5 Å². The summed E-state index contributed by atoms with van der Waals surface area (Å²) in [5.41, 5.74) is 2.03. The standard InChI is InChI=1S/C19H18N4O4/c1-26-12-7-11(8-13(9-12)27-2)20-18(25)16-10-17(24)22-19-21-14-5-3-4-6-15(14)23(16)19/h3-9,16H,10H2,1-2H3,(H,20,25)(H,21,22,24). The lowest BCUT2D eigenvalue weighted by atomic mass is 10.1. The number of para-hydroxylation sites is 2. The van der Waals surface area contributed by atoms with Gasteiger partial charge in [-0.25, -0.2) is 4.98 Å². The SMILES string of the molecule is COc1cc(NC(=O)C2CC(=O)Nc3nc4ccccc4n32)cc(OC)c1. The number of methoxy groups -OCH3 is 2. The van der Waals surface area contributed by atoms with Gasteiger partial charge in [-0.1, -0.05) is 12.1 Å². The first-order chi connectivity index (χ1) is 13.1. The molecule has 1 unspecified atom stereocenters. The number of anilines is 2. The zero-order valence-electron chi connectivity index (χ0n) is 14.9. The highest BCUT2D eigenvalue weighted by Crippen LogP contribution is 2.32. The van der Waals surface area contributed by atoms with Gasteiger partial charge in [0.15, 0.2) is 0 Å². The highest BCUT2D eigenvalue weighted by molar-refractivity contribution is 6.03. The molecular formula is C19H18N4O4. The molecule has 2 amide bonds. The number of rotatable bonds is 4. The fraction of sp³-hybridized carbons (Fsp3) is 0.211. The summed E-state index contributed by atoms with van der Waals surface area (Å²) in [7, 11) is 3.07. The van der Waals surface area contributed by atoms with Crippen molar-refractivity contribution in [1.29, 1.82) is 0 Å². The Morgan fingerprint density at radius 3 is 2.59 bits per heavy atom. The number of imidazole rings is 1. The summed E-state index contributed by atoms with van der Waals surface area (Å²) in [6, 6.07) is 11.8. The van der Waals surface area contributed by atoms with E-state index in [0.29, 0.717) is 23.1 Å². The highest BCUT2D eigenvalue weighted by Gasteiger charge is 2.32. The van der Waals surface area contributed by atoms with Gasteiger partial charge in [0.05, 0.1) is 31.7 Å². The van der Waals surface area contributed by atoms with E-state index >= 15 is 0 Å². The number of hydrogen-bond acceptors (Lipinski definition) is 5. The minimum absolute atomic E-state index is 0.0281. The number of hydrogen-bond donors (Lipinski definition) is 2. The maximum atomic E-state index is 13.0. The molecule has 8 nitrogen and oxygen atoms in total. The zero-order chi connectivity index (χ0) is 19.0. The molecule has 0 radical (unpaired) electrons. The highest BCUT2D eigenvalue weighted by atomic mass is 16.5. The van der Waals surface area contributed by atoms with Crippen LogP contribution in [0.5, 0.6) is 11.5 Å². The van der Waals surface area contributed by atoms with Crippen molar-refractivity contribution in [3.8, 4) is 11.5 Å². The molecule has 0 saturated heterocycles. The third kappa shape index (κ3) is 3.05. The molecule has 0 aliphatic carbocycles. The van der Waals surface area contributed by atoms with E-state index in [0.717, 1.165) is 11.0 Å². The summed E-state index contributed by atoms with van der Waals surface area (Å²) in [5, 5.41) is 5.58. The number of aromatic nitrogens is 2. The van der Waals surface area contributed by atoms with Crippen LogP contribution in [0, 0.1) is 0 Å². The van der Waals surface area contributed by atoms with Gasteiger partial charge in [-0.15, -0.1) is 0 Å². The van der Waals surface area contributed by atoms with Gasteiger partial charge >= 0.3 is 0 Å². The van der Waals surface area contributed by atoms with E-state index < -0.39 is 6.04 Å². The summed E-state index contributed by atoms with van der Waals surface area (Å²) in [6.45, 7) is 0. The van der Waals surface area contributed by atoms with Gasteiger partial charge in [0.2, 0.25) is 17.8 Å². The Morgan fingerprint density at radius 1 is 1.19 bits per heavy atom. The van der Waals surface area contributed by atoms with Gasteiger partial charge < -0.3 is 14.8 Å². The van der Waals surface area contributed by atoms with Gasteiger partial charge in [0.25, 0.3) is 0 Å². The minimum Gasteiger partial charge on any atom is -0.497 e. The molecule has 27 heavy (non-hydrogen) atoms. The second-order valence-corrected chi connectivity index (χ2v) is 6.15. The van der Waals surface area contributed by atoms with E-state index in [1.54, 1.807) is 22.8 Å². The van der Waals surface area contributed by atoms with Crippen molar-refractivity contribution in [1.82, 2.24) is 9.55 Å². The normalized spacial score (nSPS) is 15.8. The van der Waals surface area contributed by atoms with Crippen LogP contribution in [0.1, 0.15) is 12.5 Å². The molecule has 0 bridgehead atoms. The van der Waals surface area contributed by atoms with Crippen LogP contribution < -0.4 is 20.1 Å². The van der Waals surface area contributed by atoms with Gasteiger partial charge in [0, 0.05) is 23.9 Å². The van der Waals surface area contributed by atoms with Crippen LogP contribution in [0.2, 0.25) is 0 Å². The van der Waals surface area contributed by atoms with Crippen LogP contribution >= 0.6 is 0 Å². The van der Waals surface area contributed by atoms with Crippen molar-refractivity contribution in [3.05, 3.63) is 42.5 Å². The number of nitrogens with zero attached hydrogens (tertiary/aromatic N) is 2. The Labute approximate surface area is 155 Å². The third-order valence-corrected chi connectivity index (χ3v) is 4.46. The van der Waals surface area contributed by atoms with Crippen LogP contribution in [-0.4, -0.2) is 35.6 Å². The molecule has 2 N–H and O–H groups in total. The van der Waals surface area contributed by atoms with Crippen molar-refractivity contribution >= 4 is 34.5 Å². The Bertz CT molecular complexity index is 1020. The Kier molecular flexibility index (Phi) is 4.15. The summed E-state index contributed by atoms with van der Waals surface area (Å²) in [5.74, 6) is 0.918. The lowest BCUT2D eigenvalue weighted by Gasteiger charge is -2.25. The number of nitrogens with one attached hydrogen (secondary N) is 2. The second-order valence-electron chi connectivity index (χ2n) is 6.15. The van der Waals surface area contributed by atoms with Crippen molar-refractivity contribution in [2.75, 3.05) is 24.9 Å². The van der Waals surface area contributed by atoms with E-state index in [1.807, 2.05) is 24.3 Å². The lowest BCUT2D eigenvalue weighted by Crippen LogP contribution is -2.35. The molecule has 1 aliphatic rings. The number of benzene rings is 2. The van der Waals surface area contributed by atoms with Crippen LogP contribution in [0.3, 0.4) is 0 Å². The number of fused-ring (bicyclic) bond motifs is 3. The Morgan fingerprint density at radius 2 is 1.89 bits per heavy atom. The van der Waals surface area contributed by atoms with E-state index in [4.69, 9.17) is 9.47 Å². The van der Waals surface area contributed by atoms with Gasteiger partial charge in [-0.05, 0) is 12.1 Å². The molecule has 8 heteroatoms. The molecule has 3 aromatic rings. The summed E-state index contributed by atoms with van der Waals surface area (Å²) in [6.07, 6.45) is 0.0281.